The van der Waals surface area contributed by atoms with Gasteiger partial charge in [-0.15, -0.1) is 0 Å². The van der Waals surface area contributed by atoms with Crippen molar-refractivity contribution in [3.8, 4) is 0 Å². The maximum atomic E-state index is 11.7. The first-order valence-electron chi connectivity index (χ1n) is 5.33. The molecule has 0 saturated heterocycles. The van der Waals surface area contributed by atoms with Crippen LogP contribution in [0.2, 0.25) is 0 Å². The Labute approximate surface area is 96.7 Å². The van der Waals surface area contributed by atoms with Gasteiger partial charge in [0.25, 0.3) is 0 Å². The predicted octanol–water partition coefficient (Wildman–Crippen LogP) is -0.335. The van der Waals surface area contributed by atoms with Gasteiger partial charge in [-0.1, -0.05) is 0 Å². The van der Waals surface area contributed by atoms with Crippen molar-refractivity contribution in [1.82, 2.24) is 5.32 Å². The third kappa shape index (κ3) is 2.55. The van der Waals surface area contributed by atoms with E-state index in [1.165, 1.54) is 6.26 Å². The highest BCUT2D eigenvalue weighted by atomic mass is 32.2. The third-order valence-corrected chi connectivity index (χ3v) is 5.56. The number of amides is 1. The first-order valence-corrected chi connectivity index (χ1v) is 7.22. The maximum Gasteiger partial charge on any atom is 0.227 e. The first kappa shape index (κ1) is 13.4. The zero-order valence-corrected chi connectivity index (χ0v) is 10.9. The van der Waals surface area contributed by atoms with E-state index in [0.717, 1.165) is 12.8 Å². The lowest BCUT2D eigenvalue weighted by Crippen LogP contribution is -2.47. The summed E-state index contributed by atoms with van der Waals surface area (Å²) >= 11 is 0. The number of carbonyl (C=O) groups excluding carboxylic acids is 1. The Balaban J connectivity index is 2.56. The van der Waals surface area contributed by atoms with Crippen molar-refractivity contribution in [3.05, 3.63) is 0 Å². The molecule has 1 saturated carbocycles. The lowest BCUT2D eigenvalue weighted by Gasteiger charge is -2.24. The van der Waals surface area contributed by atoms with Crippen LogP contribution in [0.5, 0.6) is 0 Å². The molecule has 0 aromatic rings. The molecular formula is C10H20N2O3S. The zero-order chi connectivity index (χ0) is 12.6. The van der Waals surface area contributed by atoms with E-state index in [4.69, 9.17) is 5.73 Å². The molecule has 94 valence electrons. The van der Waals surface area contributed by atoms with Crippen LogP contribution in [0.1, 0.15) is 26.7 Å². The molecule has 0 spiro atoms. The van der Waals surface area contributed by atoms with E-state index < -0.39 is 20.0 Å². The highest BCUT2D eigenvalue weighted by Gasteiger charge is 2.48. The van der Waals surface area contributed by atoms with Gasteiger partial charge in [0.1, 0.15) is 0 Å². The van der Waals surface area contributed by atoms with E-state index in [9.17, 15) is 13.2 Å². The molecule has 1 amide bonds. The second-order valence-electron chi connectivity index (χ2n) is 5.20. The third-order valence-electron chi connectivity index (χ3n) is 3.40. The smallest absolute Gasteiger partial charge is 0.227 e. The van der Waals surface area contributed by atoms with Crippen molar-refractivity contribution in [3.63, 3.8) is 0 Å². The number of sulfone groups is 1. The monoisotopic (exact) mass is 248 g/mol. The van der Waals surface area contributed by atoms with E-state index in [1.807, 2.05) is 0 Å². The summed E-state index contributed by atoms with van der Waals surface area (Å²) in [4.78, 5) is 11.7. The fourth-order valence-corrected chi connectivity index (χ4v) is 1.62. The number of rotatable bonds is 5. The van der Waals surface area contributed by atoms with Gasteiger partial charge in [0.15, 0.2) is 9.84 Å². The Morgan fingerprint density at radius 2 is 1.94 bits per heavy atom. The number of hydrogen-bond donors (Lipinski definition) is 2. The second kappa shape index (κ2) is 4.00. The summed E-state index contributed by atoms with van der Waals surface area (Å²) in [6.07, 6.45) is 2.78. The molecule has 0 radical (unpaired) electrons. The molecule has 0 aromatic carbocycles. The normalized spacial score (nSPS) is 19.2. The Morgan fingerprint density at radius 1 is 1.44 bits per heavy atom. The number of hydrogen-bond acceptors (Lipinski definition) is 4. The van der Waals surface area contributed by atoms with E-state index >= 15 is 0 Å². The average molecular weight is 248 g/mol. The van der Waals surface area contributed by atoms with Gasteiger partial charge < -0.3 is 11.1 Å². The molecular weight excluding hydrogens is 228 g/mol. The van der Waals surface area contributed by atoms with Crippen molar-refractivity contribution in [2.75, 3.05) is 19.3 Å². The summed E-state index contributed by atoms with van der Waals surface area (Å²) < 4.78 is 21.9. The van der Waals surface area contributed by atoms with Crippen LogP contribution in [0.15, 0.2) is 0 Å². The van der Waals surface area contributed by atoms with Gasteiger partial charge in [0.05, 0.1) is 10.2 Å². The van der Waals surface area contributed by atoms with Gasteiger partial charge in [-0.3, -0.25) is 4.79 Å². The van der Waals surface area contributed by atoms with Gasteiger partial charge >= 0.3 is 0 Å². The Hall–Kier alpha value is -0.620. The van der Waals surface area contributed by atoms with Crippen LogP contribution in [-0.4, -0.2) is 38.4 Å². The van der Waals surface area contributed by atoms with Gasteiger partial charge in [0.2, 0.25) is 5.91 Å². The summed E-state index contributed by atoms with van der Waals surface area (Å²) in [7, 11) is -3.18. The van der Waals surface area contributed by atoms with Crippen molar-refractivity contribution in [2.45, 2.75) is 31.4 Å². The summed E-state index contributed by atoms with van der Waals surface area (Å²) in [6.45, 7) is 3.67. The predicted molar refractivity (Wildman–Crippen MR) is 62.7 cm³/mol. The SMILES string of the molecule is CC(C)(CNC(=O)C1(CN)CC1)S(C)(=O)=O. The Bertz CT molecular complexity index is 383. The van der Waals surface area contributed by atoms with Crippen molar-refractivity contribution < 1.29 is 13.2 Å². The molecule has 1 fully saturated rings. The van der Waals surface area contributed by atoms with Crippen LogP contribution >= 0.6 is 0 Å². The van der Waals surface area contributed by atoms with Crippen LogP contribution in [0.3, 0.4) is 0 Å². The van der Waals surface area contributed by atoms with Crippen molar-refractivity contribution in [2.24, 2.45) is 11.1 Å². The largest absolute Gasteiger partial charge is 0.354 e. The van der Waals surface area contributed by atoms with E-state index in [1.54, 1.807) is 13.8 Å². The molecule has 1 aliphatic rings. The molecule has 5 nitrogen and oxygen atoms in total. The summed E-state index contributed by atoms with van der Waals surface area (Å²) in [6, 6.07) is 0. The summed E-state index contributed by atoms with van der Waals surface area (Å²) in [5.74, 6) is -0.119. The minimum Gasteiger partial charge on any atom is -0.354 e. The van der Waals surface area contributed by atoms with Gasteiger partial charge in [-0.2, -0.15) is 0 Å². The van der Waals surface area contributed by atoms with E-state index in [0.29, 0.717) is 6.54 Å². The van der Waals surface area contributed by atoms with Gasteiger partial charge in [-0.05, 0) is 26.7 Å². The molecule has 1 rings (SSSR count). The lowest BCUT2D eigenvalue weighted by molar-refractivity contribution is -0.126. The molecule has 6 heteroatoms. The molecule has 3 N–H and O–H groups in total. The molecule has 16 heavy (non-hydrogen) atoms. The van der Waals surface area contributed by atoms with Crippen LogP contribution in [0.25, 0.3) is 0 Å². The molecule has 0 unspecified atom stereocenters. The van der Waals surface area contributed by atoms with Crippen LogP contribution < -0.4 is 11.1 Å². The average Bonchev–Trinajstić information content (AvgIpc) is 2.93. The highest BCUT2D eigenvalue weighted by molar-refractivity contribution is 7.92. The second-order valence-corrected chi connectivity index (χ2v) is 7.85. The standard InChI is InChI=1S/C10H20N2O3S/c1-9(2,16(3,14)15)7-12-8(13)10(6-11)4-5-10/h4-7,11H2,1-3H3,(H,12,13). The van der Waals surface area contributed by atoms with Crippen molar-refractivity contribution in [1.29, 1.82) is 0 Å². The fourth-order valence-electron chi connectivity index (χ4n) is 1.29. The molecule has 1 aliphatic carbocycles. The lowest BCUT2D eigenvalue weighted by atomic mass is 10.1. The first-order chi connectivity index (χ1) is 7.15. The highest BCUT2D eigenvalue weighted by Crippen LogP contribution is 2.44. The molecule has 0 atom stereocenters. The fraction of sp³-hybridized carbons (Fsp3) is 0.900. The van der Waals surface area contributed by atoms with Gasteiger partial charge in [-0.25, -0.2) is 8.42 Å². The van der Waals surface area contributed by atoms with Crippen LogP contribution in [0, 0.1) is 5.41 Å². The van der Waals surface area contributed by atoms with E-state index in [2.05, 4.69) is 5.32 Å². The topological polar surface area (TPSA) is 89.3 Å². The molecule has 0 bridgehead atoms. The summed E-state index contributed by atoms with van der Waals surface area (Å²) in [5.41, 5.74) is 5.09. The summed E-state index contributed by atoms with van der Waals surface area (Å²) in [5, 5.41) is 2.69. The Morgan fingerprint density at radius 3 is 2.25 bits per heavy atom. The van der Waals surface area contributed by atoms with Gasteiger partial charge in [0, 0.05) is 19.3 Å². The number of nitrogens with two attached hydrogens (primary N) is 1. The minimum atomic E-state index is -3.18. The maximum absolute atomic E-state index is 11.7. The molecule has 0 aromatic heterocycles. The minimum absolute atomic E-state index is 0.119. The number of nitrogens with one attached hydrogen (secondary N) is 1. The molecule has 0 aliphatic heterocycles. The van der Waals surface area contributed by atoms with Crippen LogP contribution in [0.4, 0.5) is 0 Å². The zero-order valence-electron chi connectivity index (χ0n) is 10.0. The Kier molecular flexibility index (Phi) is 3.36. The quantitative estimate of drug-likeness (QED) is 0.697. The van der Waals surface area contributed by atoms with Crippen LogP contribution in [-0.2, 0) is 14.6 Å². The number of carbonyl (C=O) groups is 1. The van der Waals surface area contributed by atoms with E-state index in [-0.39, 0.29) is 12.5 Å². The van der Waals surface area contributed by atoms with Crippen molar-refractivity contribution >= 4 is 15.7 Å². The molecule has 0 heterocycles.